The standard InChI is InChI=1S/C14H20FN3O2/c1-2-6-16-13-12(15)11(5-7-17-13)14(19)18-9-10-4-3-8-20-10/h5,7,10H,2-4,6,8-9H2,1H3,(H,16,17)(H,18,19). The molecular formula is C14H20FN3O2. The molecule has 2 heterocycles. The molecule has 0 spiro atoms. The number of ether oxygens (including phenoxy) is 1. The molecule has 1 saturated heterocycles. The lowest BCUT2D eigenvalue weighted by Gasteiger charge is -2.12. The van der Waals surface area contributed by atoms with E-state index in [1.54, 1.807) is 0 Å². The third kappa shape index (κ3) is 3.66. The maximum absolute atomic E-state index is 14.1. The lowest BCUT2D eigenvalue weighted by atomic mass is 10.2. The summed E-state index contributed by atoms with van der Waals surface area (Å²) in [5, 5.41) is 5.57. The fourth-order valence-corrected chi connectivity index (χ4v) is 2.09. The minimum Gasteiger partial charge on any atom is -0.376 e. The van der Waals surface area contributed by atoms with Crippen LogP contribution in [0.1, 0.15) is 36.5 Å². The second-order valence-corrected chi connectivity index (χ2v) is 4.79. The molecule has 1 aromatic heterocycles. The van der Waals surface area contributed by atoms with Gasteiger partial charge in [-0.25, -0.2) is 9.37 Å². The number of halogens is 1. The molecule has 0 aliphatic carbocycles. The molecule has 1 atom stereocenters. The number of nitrogens with one attached hydrogen (secondary N) is 2. The molecule has 2 N–H and O–H groups in total. The van der Waals surface area contributed by atoms with E-state index in [0.717, 1.165) is 25.9 Å². The van der Waals surface area contributed by atoms with Gasteiger partial charge in [-0.05, 0) is 25.3 Å². The van der Waals surface area contributed by atoms with Gasteiger partial charge in [0.15, 0.2) is 11.6 Å². The van der Waals surface area contributed by atoms with E-state index in [4.69, 9.17) is 4.74 Å². The number of hydrogen-bond acceptors (Lipinski definition) is 4. The molecule has 0 aromatic carbocycles. The highest BCUT2D eigenvalue weighted by Gasteiger charge is 2.19. The molecule has 1 aromatic rings. The molecule has 5 nitrogen and oxygen atoms in total. The monoisotopic (exact) mass is 281 g/mol. The van der Waals surface area contributed by atoms with Crippen LogP contribution in [0.2, 0.25) is 0 Å². The predicted octanol–water partition coefficient (Wildman–Crippen LogP) is 1.95. The van der Waals surface area contributed by atoms with Gasteiger partial charge in [0.05, 0.1) is 11.7 Å². The lowest BCUT2D eigenvalue weighted by molar-refractivity contribution is 0.0854. The first kappa shape index (κ1) is 14.7. The topological polar surface area (TPSA) is 63.2 Å². The Labute approximate surface area is 117 Å². The largest absolute Gasteiger partial charge is 0.376 e. The van der Waals surface area contributed by atoms with Gasteiger partial charge in [-0.3, -0.25) is 4.79 Å². The molecule has 1 amide bonds. The van der Waals surface area contributed by atoms with E-state index in [0.29, 0.717) is 13.1 Å². The van der Waals surface area contributed by atoms with E-state index in [1.165, 1.54) is 12.3 Å². The predicted molar refractivity (Wildman–Crippen MR) is 74.3 cm³/mol. The maximum Gasteiger partial charge on any atom is 0.254 e. The van der Waals surface area contributed by atoms with Crippen LogP contribution in [0, 0.1) is 5.82 Å². The minimum absolute atomic E-state index is 0.0107. The van der Waals surface area contributed by atoms with Gasteiger partial charge in [0.1, 0.15) is 0 Å². The molecule has 6 heteroatoms. The van der Waals surface area contributed by atoms with Crippen LogP contribution in [0.5, 0.6) is 0 Å². The number of rotatable bonds is 6. The van der Waals surface area contributed by atoms with Crippen molar-refractivity contribution < 1.29 is 13.9 Å². The number of amides is 1. The van der Waals surface area contributed by atoms with Crippen molar-refractivity contribution in [3.63, 3.8) is 0 Å². The van der Waals surface area contributed by atoms with Gasteiger partial charge >= 0.3 is 0 Å². The van der Waals surface area contributed by atoms with Gasteiger partial charge in [0.2, 0.25) is 0 Å². The molecule has 20 heavy (non-hydrogen) atoms. The summed E-state index contributed by atoms with van der Waals surface area (Å²) in [7, 11) is 0. The smallest absolute Gasteiger partial charge is 0.254 e. The van der Waals surface area contributed by atoms with Crippen molar-refractivity contribution in [2.75, 3.05) is 25.0 Å². The Morgan fingerprint density at radius 3 is 3.15 bits per heavy atom. The fourth-order valence-electron chi connectivity index (χ4n) is 2.09. The third-order valence-electron chi connectivity index (χ3n) is 3.19. The minimum atomic E-state index is -0.606. The third-order valence-corrected chi connectivity index (χ3v) is 3.19. The van der Waals surface area contributed by atoms with Crippen molar-refractivity contribution in [2.24, 2.45) is 0 Å². The number of nitrogens with zero attached hydrogens (tertiary/aromatic N) is 1. The van der Waals surface area contributed by atoms with Crippen molar-refractivity contribution in [3.05, 3.63) is 23.6 Å². The first-order valence-electron chi connectivity index (χ1n) is 7.00. The highest BCUT2D eigenvalue weighted by atomic mass is 19.1. The Kier molecular flexibility index (Phi) is 5.29. The summed E-state index contributed by atoms with van der Waals surface area (Å²) >= 11 is 0. The summed E-state index contributed by atoms with van der Waals surface area (Å²) in [6.45, 7) is 3.74. The maximum atomic E-state index is 14.1. The van der Waals surface area contributed by atoms with Gasteiger partial charge in [0.25, 0.3) is 5.91 Å². The number of pyridine rings is 1. The summed E-state index contributed by atoms with van der Waals surface area (Å²) in [5.74, 6) is -0.914. The quantitative estimate of drug-likeness (QED) is 0.836. The summed E-state index contributed by atoms with van der Waals surface area (Å²) in [4.78, 5) is 15.9. The van der Waals surface area contributed by atoms with Gasteiger partial charge in [0, 0.05) is 25.9 Å². The molecule has 0 saturated carbocycles. The zero-order valence-electron chi connectivity index (χ0n) is 11.6. The summed E-state index contributed by atoms with van der Waals surface area (Å²) in [6, 6.07) is 1.39. The summed E-state index contributed by atoms with van der Waals surface area (Å²) in [6.07, 6.45) is 4.28. The number of hydrogen-bond donors (Lipinski definition) is 2. The van der Waals surface area contributed by atoms with E-state index < -0.39 is 11.7 Å². The highest BCUT2D eigenvalue weighted by Crippen LogP contribution is 2.15. The molecule has 1 unspecified atom stereocenters. The Morgan fingerprint density at radius 2 is 2.45 bits per heavy atom. The normalized spacial score (nSPS) is 18.0. The van der Waals surface area contributed by atoms with Crippen molar-refractivity contribution >= 4 is 11.7 Å². The van der Waals surface area contributed by atoms with Crippen LogP contribution >= 0.6 is 0 Å². The van der Waals surface area contributed by atoms with E-state index in [1.807, 2.05) is 6.92 Å². The molecule has 2 rings (SSSR count). The van der Waals surface area contributed by atoms with Crippen LogP contribution in [-0.2, 0) is 4.74 Å². The Bertz CT molecular complexity index is 462. The lowest BCUT2D eigenvalue weighted by Crippen LogP contribution is -2.32. The highest BCUT2D eigenvalue weighted by molar-refractivity contribution is 5.95. The first-order chi connectivity index (χ1) is 9.72. The molecule has 1 aliphatic heterocycles. The SMILES string of the molecule is CCCNc1nccc(C(=O)NCC2CCCO2)c1F. The molecule has 0 bridgehead atoms. The van der Waals surface area contributed by atoms with Crippen LogP contribution in [0.15, 0.2) is 12.3 Å². The first-order valence-corrected chi connectivity index (χ1v) is 7.00. The zero-order valence-corrected chi connectivity index (χ0v) is 11.6. The van der Waals surface area contributed by atoms with Gasteiger partial charge in [-0.15, -0.1) is 0 Å². The van der Waals surface area contributed by atoms with Crippen molar-refractivity contribution in [1.82, 2.24) is 10.3 Å². The summed E-state index contributed by atoms with van der Waals surface area (Å²) in [5.41, 5.74) is 0.0107. The number of carbonyl (C=O) groups excluding carboxylic acids is 1. The van der Waals surface area contributed by atoms with Crippen LogP contribution < -0.4 is 10.6 Å². The number of anilines is 1. The van der Waals surface area contributed by atoms with Crippen molar-refractivity contribution in [3.8, 4) is 0 Å². The van der Waals surface area contributed by atoms with E-state index in [-0.39, 0.29) is 17.5 Å². The van der Waals surface area contributed by atoms with E-state index in [2.05, 4.69) is 15.6 Å². The molecule has 110 valence electrons. The number of carbonyl (C=O) groups is 1. The molecule has 1 fully saturated rings. The van der Waals surface area contributed by atoms with Crippen LogP contribution in [0.4, 0.5) is 10.2 Å². The fraction of sp³-hybridized carbons (Fsp3) is 0.571. The second-order valence-electron chi connectivity index (χ2n) is 4.79. The number of aromatic nitrogens is 1. The van der Waals surface area contributed by atoms with E-state index in [9.17, 15) is 9.18 Å². The average molecular weight is 281 g/mol. The van der Waals surface area contributed by atoms with Crippen LogP contribution in [-0.4, -0.2) is 36.7 Å². The average Bonchev–Trinajstić information content (AvgIpc) is 2.97. The Balaban J connectivity index is 1.97. The van der Waals surface area contributed by atoms with Crippen molar-refractivity contribution in [1.29, 1.82) is 0 Å². The molecule has 0 radical (unpaired) electrons. The van der Waals surface area contributed by atoms with Gasteiger partial charge in [-0.2, -0.15) is 0 Å². The van der Waals surface area contributed by atoms with Gasteiger partial charge < -0.3 is 15.4 Å². The van der Waals surface area contributed by atoms with Gasteiger partial charge in [-0.1, -0.05) is 6.92 Å². The van der Waals surface area contributed by atoms with Crippen LogP contribution in [0.3, 0.4) is 0 Å². The van der Waals surface area contributed by atoms with Crippen molar-refractivity contribution in [2.45, 2.75) is 32.3 Å². The van der Waals surface area contributed by atoms with Crippen LogP contribution in [0.25, 0.3) is 0 Å². The molecular weight excluding hydrogens is 261 g/mol. The molecule has 1 aliphatic rings. The Morgan fingerprint density at radius 1 is 1.60 bits per heavy atom. The van der Waals surface area contributed by atoms with E-state index >= 15 is 0 Å². The second kappa shape index (κ2) is 7.19. The Hall–Kier alpha value is -1.69. The summed E-state index contributed by atoms with van der Waals surface area (Å²) < 4.78 is 19.5. The zero-order chi connectivity index (χ0) is 14.4.